The second-order valence-corrected chi connectivity index (χ2v) is 10.3. The van der Waals surface area contributed by atoms with E-state index in [4.69, 9.17) is 9.47 Å². The molecule has 0 aliphatic carbocycles. The van der Waals surface area contributed by atoms with Crippen molar-refractivity contribution in [2.24, 2.45) is 0 Å². The van der Waals surface area contributed by atoms with Crippen molar-refractivity contribution in [3.63, 3.8) is 0 Å². The predicted octanol–water partition coefficient (Wildman–Crippen LogP) is 4.78. The topological polar surface area (TPSA) is 84.9 Å². The molecule has 186 valence electrons. The van der Waals surface area contributed by atoms with Gasteiger partial charge in [-0.15, -0.1) is 0 Å². The number of carbonyl (C=O) groups excluding carboxylic acids is 1. The molecule has 0 saturated heterocycles. The van der Waals surface area contributed by atoms with E-state index >= 15 is 0 Å². The molecule has 0 aromatic heterocycles. The van der Waals surface area contributed by atoms with Gasteiger partial charge in [0.15, 0.2) is 5.75 Å². The summed E-state index contributed by atoms with van der Waals surface area (Å²) in [4.78, 5) is 12.7. The molecule has 7 nitrogen and oxygen atoms in total. The highest BCUT2D eigenvalue weighted by Crippen LogP contribution is 2.33. The molecule has 0 aliphatic rings. The Morgan fingerprint density at radius 1 is 0.943 bits per heavy atom. The van der Waals surface area contributed by atoms with Crippen LogP contribution in [-0.2, 0) is 21.2 Å². The molecule has 0 heterocycles. The van der Waals surface area contributed by atoms with Crippen LogP contribution in [-0.4, -0.2) is 39.8 Å². The van der Waals surface area contributed by atoms with Crippen LogP contribution in [0.1, 0.15) is 25.8 Å². The van der Waals surface area contributed by atoms with Crippen LogP contribution in [0.4, 0.5) is 5.69 Å². The van der Waals surface area contributed by atoms with E-state index in [-0.39, 0.29) is 18.6 Å². The number of hydrogen-bond acceptors (Lipinski definition) is 5. The highest BCUT2D eigenvalue weighted by Gasteiger charge is 2.24. The molecule has 35 heavy (non-hydrogen) atoms. The number of nitrogens with one attached hydrogen (secondary N) is 1. The van der Waals surface area contributed by atoms with Gasteiger partial charge >= 0.3 is 0 Å². The zero-order valence-electron chi connectivity index (χ0n) is 20.3. The first-order valence-corrected chi connectivity index (χ1v) is 13.4. The average Bonchev–Trinajstić information content (AvgIpc) is 2.81. The maximum absolute atomic E-state index is 12.7. The van der Waals surface area contributed by atoms with Gasteiger partial charge in [0.05, 0.1) is 18.0 Å². The van der Waals surface area contributed by atoms with Crippen LogP contribution >= 0.6 is 0 Å². The molecule has 3 rings (SSSR count). The summed E-state index contributed by atoms with van der Waals surface area (Å²) in [6, 6.07) is 23.7. The molecule has 8 heteroatoms. The van der Waals surface area contributed by atoms with Gasteiger partial charge in [0.25, 0.3) is 0 Å². The molecule has 0 atom stereocenters. The quantitative estimate of drug-likeness (QED) is 0.365. The van der Waals surface area contributed by atoms with Crippen molar-refractivity contribution in [1.29, 1.82) is 0 Å². The van der Waals surface area contributed by atoms with Crippen molar-refractivity contribution in [3.05, 3.63) is 84.4 Å². The van der Waals surface area contributed by atoms with Gasteiger partial charge in [-0.05, 0) is 68.7 Å². The molecule has 0 bridgehead atoms. The number of benzene rings is 3. The predicted molar refractivity (Wildman–Crippen MR) is 139 cm³/mol. The van der Waals surface area contributed by atoms with Crippen molar-refractivity contribution in [3.8, 4) is 17.2 Å². The summed E-state index contributed by atoms with van der Waals surface area (Å²) in [5.41, 5.74) is 1.41. The minimum atomic E-state index is -3.74. The highest BCUT2D eigenvalue weighted by molar-refractivity contribution is 7.92. The normalized spacial score (nSPS) is 11.2. The Kier molecular flexibility index (Phi) is 9.14. The smallest absolute Gasteiger partial charge is 0.240 e. The minimum Gasteiger partial charge on any atom is -0.491 e. The fourth-order valence-electron chi connectivity index (χ4n) is 3.50. The van der Waals surface area contributed by atoms with E-state index in [9.17, 15) is 13.2 Å². The van der Waals surface area contributed by atoms with Crippen molar-refractivity contribution < 1.29 is 22.7 Å². The second-order valence-electron chi connectivity index (χ2n) is 8.42. The first-order chi connectivity index (χ1) is 16.7. The van der Waals surface area contributed by atoms with Gasteiger partial charge in [-0.2, -0.15) is 0 Å². The van der Waals surface area contributed by atoms with E-state index in [1.54, 1.807) is 36.4 Å². The second kappa shape index (κ2) is 12.3. The number of rotatable bonds is 12. The highest BCUT2D eigenvalue weighted by atomic mass is 32.2. The molecule has 0 spiro atoms. The number of carbonyl (C=O) groups is 1. The summed E-state index contributed by atoms with van der Waals surface area (Å²) < 4.78 is 37.8. The zero-order valence-corrected chi connectivity index (χ0v) is 21.1. The van der Waals surface area contributed by atoms with E-state index in [1.807, 2.05) is 56.3 Å². The third kappa shape index (κ3) is 8.33. The monoisotopic (exact) mass is 496 g/mol. The molecule has 0 aliphatic heterocycles. The van der Waals surface area contributed by atoms with Crippen LogP contribution in [0.25, 0.3) is 0 Å². The number of hydrogen-bond donors (Lipinski definition) is 1. The largest absolute Gasteiger partial charge is 0.491 e. The summed E-state index contributed by atoms with van der Waals surface area (Å²) >= 11 is 0. The van der Waals surface area contributed by atoms with Crippen LogP contribution in [0.15, 0.2) is 78.9 Å². The molecule has 0 unspecified atom stereocenters. The molecule has 0 saturated carbocycles. The number of anilines is 1. The van der Waals surface area contributed by atoms with E-state index < -0.39 is 10.0 Å². The van der Waals surface area contributed by atoms with E-state index in [1.165, 1.54) is 0 Å². The molecular formula is C27H32N2O5S. The minimum absolute atomic E-state index is 0.102. The lowest BCUT2D eigenvalue weighted by atomic mass is 10.1. The van der Waals surface area contributed by atoms with Crippen LogP contribution in [0.5, 0.6) is 17.2 Å². The number of aryl methyl sites for hydroxylation is 1. The van der Waals surface area contributed by atoms with Crippen molar-refractivity contribution >= 4 is 21.6 Å². The van der Waals surface area contributed by atoms with Crippen LogP contribution in [0.2, 0.25) is 0 Å². The van der Waals surface area contributed by atoms with E-state index in [0.29, 0.717) is 30.2 Å². The van der Waals surface area contributed by atoms with Gasteiger partial charge in [-0.1, -0.05) is 42.5 Å². The summed E-state index contributed by atoms with van der Waals surface area (Å²) in [6.45, 7) is 4.04. The first-order valence-electron chi connectivity index (χ1n) is 11.5. The van der Waals surface area contributed by atoms with Gasteiger partial charge in [-0.25, -0.2) is 8.42 Å². The Hall–Kier alpha value is -3.52. The molecule has 1 N–H and O–H groups in total. The SMILES string of the molecule is CC(C)Oc1cccc(CCCNC(=O)CN(c2ccccc2Oc2ccccc2)S(C)(=O)=O)c1. The third-order valence-corrected chi connectivity index (χ3v) is 6.15. The molecule has 0 radical (unpaired) electrons. The summed E-state index contributed by atoms with van der Waals surface area (Å²) in [5, 5.41) is 2.82. The Labute approximate surface area is 207 Å². The van der Waals surface area contributed by atoms with Crippen LogP contribution in [0.3, 0.4) is 0 Å². The van der Waals surface area contributed by atoms with Gasteiger partial charge in [0.2, 0.25) is 15.9 Å². The van der Waals surface area contributed by atoms with E-state index in [2.05, 4.69) is 5.32 Å². The Morgan fingerprint density at radius 3 is 2.34 bits per heavy atom. The molecular weight excluding hydrogens is 464 g/mol. The number of amides is 1. The van der Waals surface area contributed by atoms with Crippen molar-refractivity contribution in [1.82, 2.24) is 5.32 Å². The number of nitrogens with zero attached hydrogens (tertiary/aromatic N) is 1. The summed E-state index contributed by atoms with van der Waals surface area (Å²) in [6.07, 6.45) is 2.65. The Morgan fingerprint density at radius 2 is 1.63 bits per heavy atom. The number of ether oxygens (including phenoxy) is 2. The van der Waals surface area contributed by atoms with Gasteiger partial charge in [0.1, 0.15) is 18.0 Å². The van der Waals surface area contributed by atoms with Gasteiger partial charge in [-0.3, -0.25) is 9.10 Å². The Bertz CT molecular complexity index is 1210. The van der Waals surface area contributed by atoms with Crippen molar-refractivity contribution in [2.75, 3.05) is 23.7 Å². The molecule has 3 aromatic carbocycles. The van der Waals surface area contributed by atoms with Crippen LogP contribution < -0.4 is 19.1 Å². The number of sulfonamides is 1. The standard InChI is InChI=1S/C27H32N2O5S/c1-21(2)33-24-15-9-11-22(19-24)12-10-18-28-27(30)20-29(35(3,31)32)25-16-7-8-17-26(25)34-23-13-5-4-6-14-23/h4-9,11,13-17,19,21H,10,12,18,20H2,1-3H3,(H,28,30). The Balaban J connectivity index is 1.61. The van der Waals surface area contributed by atoms with E-state index in [0.717, 1.165) is 28.3 Å². The fraction of sp³-hybridized carbons (Fsp3) is 0.296. The lowest BCUT2D eigenvalue weighted by Gasteiger charge is -2.24. The average molecular weight is 497 g/mol. The van der Waals surface area contributed by atoms with Gasteiger partial charge < -0.3 is 14.8 Å². The zero-order chi connectivity index (χ0) is 25.3. The van der Waals surface area contributed by atoms with Crippen molar-refractivity contribution in [2.45, 2.75) is 32.8 Å². The van der Waals surface area contributed by atoms with Gasteiger partial charge in [0, 0.05) is 6.54 Å². The summed E-state index contributed by atoms with van der Waals surface area (Å²) in [5.74, 6) is 1.35. The number of para-hydroxylation sites is 3. The fourth-order valence-corrected chi connectivity index (χ4v) is 4.36. The third-order valence-electron chi connectivity index (χ3n) is 5.03. The molecule has 3 aromatic rings. The molecule has 1 amide bonds. The first kappa shape index (κ1) is 26.1. The lowest BCUT2D eigenvalue weighted by molar-refractivity contribution is -0.119. The van der Waals surface area contributed by atoms with Crippen LogP contribution in [0, 0.1) is 0 Å². The maximum Gasteiger partial charge on any atom is 0.240 e. The maximum atomic E-state index is 12.7. The molecule has 0 fully saturated rings. The lowest BCUT2D eigenvalue weighted by Crippen LogP contribution is -2.40. The summed E-state index contributed by atoms with van der Waals surface area (Å²) in [7, 11) is -3.74.